The van der Waals surface area contributed by atoms with Crippen LogP contribution in [0.4, 0.5) is 0 Å². The molecule has 0 radical (unpaired) electrons. The summed E-state index contributed by atoms with van der Waals surface area (Å²) in [7, 11) is 0. The maximum Gasteiger partial charge on any atom is 0.223 e. The monoisotopic (exact) mass is 1820 g/mol. The molecular formula is C121H225N3O6. The van der Waals surface area contributed by atoms with E-state index in [1.807, 2.05) is 0 Å². The summed E-state index contributed by atoms with van der Waals surface area (Å²) >= 11 is 0. The van der Waals surface area contributed by atoms with Gasteiger partial charge in [-0.3, -0.25) is 28.8 Å². The second-order valence-corrected chi connectivity index (χ2v) is 44.9. The lowest BCUT2D eigenvalue weighted by atomic mass is 9.64. The molecule has 5 aliphatic carbocycles. The number of carbonyl (C=O) groups is 6. The number of hydrogen-bond acceptors (Lipinski definition) is 6. The van der Waals surface area contributed by atoms with Crippen molar-refractivity contribution in [3.8, 4) is 0 Å². The summed E-state index contributed by atoms with van der Waals surface area (Å²) in [5.74, 6) is 1.58. The predicted molar refractivity (Wildman–Crippen MR) is 562 cm³/mol. The van der Waals surface area contributed by atoms with Crippen LogP contribution in [0.5, 0.6) is 0 Å². The fourth-order valence-electron chi connectivity index (χ4n) is 24.9. The van der Waals surface area contributed by atoms with E-state index in [-0.39, 0.29) is 76.9 Å². The molecule has 0 heterocycles. The van der Waals surface area contributed by atoms with Crippen molar-refractivity contribution in [1.29, 1.82) is 0 Å². The van der Waals surface area contributed by atoms with Crippen LogP contribution in [0.25, 0.3) is 0 Å². The van der Waals surface area contributed by atoms with Crippen LogP contribution in [0, 0.1) is 59.2 Å². The molecule has 10 unspecified atom stereocenters. The highest BCUT2D eigenvalue weighted by Crippen LogP contribution is 2.62. The minimum atomic E-state index is -0.183. The summed E-state index contributed by atoms with van der Waals surface area (Å²) < 4.78 is 0. The van der Waals surface area contributed by atoms with Crippen LogP contribution in [-0.4, -0.2) is 54.7 Å². The summed E-state index contributed by atoms with van der Waals surface area (Å²) in [6.45, 7) is 5.97. The first-order valence-corrected chi connectivity index (χ1v) is 60.6. The molecule has 3 N–H and O–H groups in total. The fraction of sp³-hybridized carbons (Fsp3) is 0.950. The van der Waals surface area contributed by atoms with Crippen molar-refractivity contribution in [3.63, 3.8) is 0 Å². The van der Waals surface area contributed by atoms with Crippen molar-refractivity contribution in [3.05, 3.63) is 0 Å². The summed E-state index contributed by atoms with van der Waals surface area (Å²) in [5.41, 5.74) is 0. The zero-order chi connectivity index (χ0) is 92.2. The summed E-state index contributed by atoms with van der Waals surface area (Å²) in [4.78, 5) is 81.0. The molecule has 3 amide bonds. The molecule has 0 aromatic rings. The van der Waals surface area contributed by atoms with Gasteiger partial charge >= 0.3 is 0 Å². The van der Waals surface area contributed by atoms with Gasteiger partial charge in [-0.2, -0.15) is 0 Å². The minimum absolute atomic E-state index is 0.00416. The highest BCUT2D eigenvalue weighted by molar-refractivity contribution is 5.91. The van der Waals surface area contributed by atoms with Gasteiger partial charge in [0.2, 0.25) is 17.7 Å². The highest BCUT2D eigenvalue weighted by atomic mass is 16.2. The third kappa shape index (κ3) is 61.7. The standard InChI is InChI=1S/C121H225N3O6/c1-3-5-7-9-11-13-15-17-19-21-23-25-27-29-31-33-35-37-39-41-43-45-47-48-50-51-53-55-57-59-61-63-65-67-69-71-73-75-77-79-81-83-85-87-89-92-108(125)93-91-99-123-120(129)106-95-97-109-111-104-116-112(105-115(111)118(127)113(109)102-106)110-98-96-107(103-114(110)119(116)128)121(130)124-101-100-122-117(126)94-90-88-86-84-82-80-78-76-74-72-70-68-66-64-62-60-58-56-54-52-49-46-44-42-40-38-36-34-32-30-28-26-24-22-20-18-16-14-12-10-8-6-4-2/h106-107,109-116H,3-105H2,1-2H3,(H,122,126)(H,123,129)(H,124,130). The van der Waals surface area contributed by atoms with Crippen molar-refractivity contribution in [1.82, 2.24) is 16.0 Å². The Hall–Kier alpha value is -2.58. The Labute approximate surface area is 809 Å². The third-order valence-corrected chi connectivity index (χ3v) is 33.4. The van der Waals surface area contributed by atoms with Crippen molar-refractivity contribution < 1.29 is 28.8 Å². The van der Waals surface area contributed by atoms with Gasteiger partial charge in [0.25, 0.3) is 0 Å². The smallest absolute Gasteiger partial charge is 0.223 e. The number of fused-ring (bicyclic) bond motifs is 6. The zero-order valence-electron chi connectivity index (χ0n) is 87.6. The quantitative estimate of drug-likeness (QED) is 0.0519. The molecule has 9 heteroatoms. The second-order valence-electron chi connectivity index (χ2n) is 44.9. The van der Waals surface area contributed by atoms with E-state index in [0.717, 1.165) is 64.2 Å². The zero-order valence-corrected chi connectivity index (χ0v) is 87.6. The van der Waals surface area contributed by atoms with Gasteiger partial charge < -0.3 is 16.0 Å². The maximum absolute atomic E-state index is 14.3. The molecule has 5 saturated carbocycles. The van der Waals surface area contributed by atoms with E-state index in [4.69, 9.17) is 0 Å². The Morgan fingerprint density at radius 1 is 0.192 bits per heavy atom. The van der Waals surface area contributed by atoms with Gasteiger partial charge in [0.05, 0.1) is 0 Å². The molecule has 0 aromatic heterocycles. The lowest BCUT2D eigenvalue weighted by Gasteiger charge is -2.39. The SMILES string of the molecule is CCCCCCCCCCCCCCCCCCCCCCCCCCCCCCCCCCCCCCCCCCCCCCCC(=O)CCCNC(=O)C1CCC2C(C1)C(=O)C1CC3C(CC12)C(=O)C1CC(C(=O)NCCNC(=O)CCCCCCCCCCCCCCCCCCCCCCCCCCCCCCCCCCCCCCCCCCCCC)CCC13. The van der Waals surface area contributed by atoms with Gasteiger partial charge in [0.1, 0.15) is 17.3 Å². The Morgan fingerprint density at radius 3 is 0.592 bits per heavy atom. The second kappa shape index (κ2) is 86.7. The first kappa shape index (κ1) is 118. The first-order chi connectivity index (χ1) is 64.2. The van der Waals surface area contributed by atoms with Crippen molar-refractivity contribution in [2.45, 2.75) is 656 Å². The average Bonchev–Trinajstić information content (AvgIpc) is 1.57. The first-order valence-electron chi connectivity index (χ1n) is 60.6. The van der Waals surface area contributed by atoms with E-state index in [1.54, 1.807) is 0 Å². The lowest BCUT2D eigenvalue weighted by Crippen LogP contribution is -2.40. The van der Waals surface area contributed by atoms with Crippen molar-refractivity contribution in [2.24, 2.45) is 59.2 Å². The van der Waals surface area contributed by atoms with Crippen molar-refractivity contribution in [2.75, 3.05) is 19.6 Å². The Morgan fingerprint density at radius 2 is 0.369 bits per heavy atom. The molecule has 0 spiro atoms. The molecular weight excluding hydrogens is 1590 g/mol. The molecule has 5 rings (SSSR count). The molecule has 0 aliphatic heterocycles. The van der Waals surface area contributed by atoms with Gasteiger partial charge in [-0.15, -0.1) is 0 Å². The Balaban J connectivity index is 0.690. The molecule has 130 heavy (non-hydrogen) atoms. The minimum Gasteiger partial charge on any atom is -0.356 e. The van der Waals surface area contributed by atoms with Crippen LogP contribution in [0.1, 0.15) is 656 Å². The van der Waals surface area contributed by atoms with Crippen LogP contribution >= 0.6 is 0 Å². The number of carbonyl (C=O) groups excluding carboxylic acids is 6. The molecule has 0 aromatic carbocycles. The molecule has 0 bridgehead atoms. The molecule has 760 valence electrons. The van der Waals surface area contributed by atoms with Gasteiger partial charge in [0.15, 0.2) is 0 Å². The van der Waals surface area contributed by atoms with E-state index < -0.39 is 0 Å². The van der Waals surface area contributed by atoms with Crippen LogP contribution in [0.2, 0.25) is 0 Å². The number of hydrogen-bond donors (Lipinski definition) is 3. The van der Waals surface area contributed by atoms with Crippen LogP contribution < -0.4 is 16.0 Å². The molecule has 0 saturated heterocycles. The topological polar surface area (TPSA) is 139 Å². The summed E-state index contributed by atoms with van der Waals surface area (Å²) in [6.07, 6.45) is 133. The van der Waals surface area contributed by atoms with E-state index in [9.17, 15) is 28.8 Å². The Kier molecular flexibility index (Phi) is 78.7. The summed E-state index contributed by atoms with van der Waals surface area (Å²) in [5, 5.41) is 9.28. The molecule has 5 aliphatic rings. The molecule has 9 nitrogen and oxygen atoms in total. The van der Waals surface area contributed by atoms with Crippen molar-refractivity contribution >= 4 is 35.1 Å². The van der Waals surface area contributed by atoms with Gasteiger partial charge in [-0.1, -0.05) is 566 Å². The normalized spacial score (nSPS) is 20.0. The third-order valence-electron chi connectivity index (χ3n) is 33.4. The van der Waals surface area contributed by atoms with Crippen LogP contribution in [-0.2, 0) is 28.8 Å². The largest absolute Gasteiger partial charge is 0.356 e. The number of Topliss-reactive ketones (excluding diaryl/α,β-unsaturated/α-hetero) is 3. The van der Waals surface area contributed by atoms with Crippen LogP contribution in [0.15, 0.2) is 0 Å². The molecule has 5 fully saturated rings. The number of unbranched alkanes of at least 4 members (excludes halogenated alkanes) is 86. The lowest BCUT2D eigenvalue weighted by molar-refractivity contribution is -0.131. The van der Waals surface area contributed by atoms with Crippen LogP contribution in [0.3, 0.4) is 0 Å². The van der Waals surface area contributed by atoms with E-state index in [0.29, 0.717) is 75.5 Å². The van der Waals surface area contributed by atoms with E-state index in [1.165, 1.54) is 539 Å². The maximum atomic E-state index is 14.3. The Bertz CT molecular complexity index is 2500. The van der Waals surface area contributed by atoms with Gasteiger partial charge in [-0.05, 0) is 94.3 Å². The predicted octanol–water partition coefficient (Wildman–Crippen LogP) is 37.3. The fourth-order valence-corrected chi connectivity index (χ4v) is 24.9. The molecule has 10 atom stereocenters. The van der Waals surface area contributed by atoms with E-state index >= 15 is 0 Å². The van der Waals surface area contributed by atoms with Gasteiger partial charge in [-0.25, -0.2) is 0 Å². The number of ketones is 3. The summed E-state index contributed by atoms with van der Waals surface area (Å²) in [6, 6.07) is 0. The average molecular weight is 1820 g/mol. The van der Waals surface area contributed by atoms with E-state index in [2.05, 4.69) is 29.8 Å². The number of amides is 3. The highest BCUT2D eigenvalue weighted by Gasteiger charge is 2.62. The number of nitrogens with one attached hydrogen (secondary N) is 3. The van der Waals surface area contributed by atoms with Gasteiger partial charge in [0, 0.05) is 74.4 Å². The number of rotatable bonds is 99.